The monoisotopic (exact) mass is 361 g/mol. The Hall–Kier alpha value is -1.48. The fraction of sp³-hybridized carbons (Fsp3) is 0.308. The molecule has 0 radical (unpaired) electrons. The summed E-state index contributed by atoms with van der Waals surface area (Å²) in [7, 11) is 0. The van der Waals surface area contributed by atoms with Crippen molar-refractivity contribution in [2.75, 3.05) is 0 Å². The molecular weight excluding hydrogens is 343 g/mol. The van der Waals surface area contributed by atoms with Gasteiger partial charge in [0.1, 0.15) is 0 Å². The van der Waals surface area contributed by atoms with E-state index in [0.717, 1.165) is 34.9 Å². The molecule has 1 aromatic heterocycles. The first-order valence-electron chi connectivity index (χ1n) is 5.99. The molecule has 1 atom stereocenters. The van der Waals surface area contributed by atoms with Crippen LogP contribution in [-0.2, 0) is 38.5 Å². The molecule has 1 rings (SSSR count). The minimum absolute atomic E-state index is 0.187. The molecule has 7 nitrogen and oxygen atoms in total. The van der Waals surface area contributed by atoms with Gasteiger partial charge in [-0.3, -0.25) is 9.78 Å². The zero-order valence-electron chi connectivity index (χ0n) is 12.5. The molecule has 0 saturated heterocycles. The summed E-state index contributed by atoms with van der Waals surface area (Å²) < 4.78 is 8.19. The van der Waals surface area contributed by atoms with Crippen LogP contribution in [0.25, 0.3) is 0 Å². The van der Waals surface area contributed by atoms with E-state index in [-0.39, 0.29) is 11.5 Å². The van der Waals surface area contributed by atoms with Crippen molar-refractivity contribution in [1.82, 2.24) is 10.4 Å². The predicted octanol–water partition coefficient (Wildman–Crippen LogP) is -0.0974. The molecule has 22 heavy (non-hydrogen) atoms. The Kier molecular flexibility index (Phi) is 15.0. The van der Waals surface area contributed by atoms with E-state index < -0.39 is 5.50 Å². The number of aromatic nitrogens is 1. The summed E-state index contributed by atoms with van der Waals surface area (Å²) in [6.45, 7) is 4.54. The van der Waals surface area contributed by atoms with Crippen molar-refractivity contribution < 1.29 is 30.9 Å². The number of nitrogens with two attached hydrogens (primary N) is 1. The zero-order valence-corrected chi connectivity index (χ0v) is 14.7. The summed E-state index contributed by atoms with van der Waals surface area (Å²) in [5, 5.41) is 13.9. The first kappa shape index (κ1) is 22.8. The van der Waals surface area contributed by atoms with Gasteiger partial charge in [-0.15, -0.1) is 5.76 Å². The molecule has 0 bridgehead atoms. The third-order valence-corrected chi connectivity index (χ3v) is 1.91. The van der Waals surface area contributed by atoms with Crippen molar-refractivity contribution in [3.8, 4) is 0 Å². The molecule has 9 heteroatoms. The molecule has 0 saturated carbocycles. The van der Waals surface area contributed by atoms with E-state index in [2.05, 4.69) is 28.1 Å². The van der Waals surface area contributed by atoms with Crippen LogP contribution >= 0.6 is 0 Å². The van der Waals surface area contributed by atoms with Crippen molar-refractivity contribution in [2.45, 2.75) is 26.3 Å². The molecule has 0 amide bonds. The summed E-state index contributed by atoms with van der Waals surface area (Å²) in [6.07, 6.45) is 2.77. The molecule has 0 aliphatic heterocycles. The third-order valence-electron chi connectivity index (χ3n) is 1.80. The van der Waals surface area contributed by atoms with Gasteiger partial charge in [-0.25, -0.2) is 0 Å². The van der Waals surface area contributed by atoms with Crippen molar-refractivity contribution in [2.24, 2.45) is 10.8 Å². The summed E-state index contributed by atoms with van der Waals surface area (Å²) in [4.78, 5) is 14.1. The molecule has 0 spiro atoms. The molecule has 1 heterocycles. The van der Waals surface area contributed by atoms with E-state index >= 15 is 0 Å². The molecular formula is C13H18N4O3SV. The third kappa shape index (κ3) is 14.9. The van der Waals surface area contributed by atoms with Gasteiger partial charge in [-0.2, -0.15) is 5.10 Å². The van der Waals surface area contributed by atoms with Crippen LogP contribution in [0.3, 0.4) is 0 Å². The van der Waals surface area contributed by atoms with Crippen LogP contribution in [0.4, 0.5) is 0 Å². The number of hydrogen-bond acceptors (Lipinski definition) is 8. The zero-order chi connectivity index (χ0) is 17.5. The van der Waals surface area contributed by atoms with Gasteiger partial charge in [0, 0.05) is 6.20 Å². The number of pyridine rings is 1. The van der Waals surface area contributed by atoms with Gasteiger partial charge in [0.25, 0.3) is 0 Å². The standard InChI is InChI=1S/C8H12N4S.C5H8O2.O.V/c1-6(11-12-8(9)13)7-4-2-3-5-10-7;1-4(6)3-5(2)7;;/h2-5,8,12-13H,9H2,1H3;3,6H,1-2H3;;/q;;;+2/p-2/b11-6+;4-3-;;. The second kappa shape index (κ2) is 14.5. The second-order valence-corrected chi connectivity index (χ2v) is 4.34. The predicted molar refractivity (Wildman–Crippen MR) is 80.0 cm³/mol. The normalized spacial score (nSPS) is 12.1. The van der Waals surface area contributed by atoms with Gasteiger partial charge < -0.3 is 28.9 Å². The van der Waals surface area contributed by atoms with Crippen LogP contribution in [0.2, 0.25) is 0 Å². The van der Waals surface area contributed by atoms with E-state index in [9.17, 15) is 9.90 Å². The average Bonchev–Trinajstić information content (AvgIpc) is 2.47. The molecule has 0 aliphatic rings. The number of allylic oxidation sites excluding steroid dienone is 2. The summed E-state index contributed by atoms with van der Waals surface area (Å²) >= 11 is 5.75. The summed E-state index contributed by atoms with van der Waals surface area (Å²) in [5.74, 6) is -0.375. The van der Waals surface area contributed by atoms with E-state index in [0.29, 0.717) is 0 Å². The van der Waals surface area contributed by atoms with Crippen molar-refractivity contribution in [3.05, 3.63) is 41.9 Å². The van der Waals surface area contributed by atoms with Crippen molar-refractivity contribution in [1.29, 1.82) is 0 Å². The Balaban J connectivity index is 0. The Morgan fingerprint density at radius 1 is 1.45 bits per heavy atom. The van der Waals surface area contributed by atoms with E-state index in [4.69, 9.17) is 9.41 Å². The van der Waals surface area contributed by atoms with Gasteiger partial charge >= 0.3 is 21.0 Å². The quantitative estimate of drug-likeness (QED) is 0.192. The average molecular weight is 361 g/mol. The van der Waals surface area contributed by atoms with E-state index in [1.54, 1.807) is 6.20 Å². The Morgan fingerprint density at radius 2 is 2.05 bits per heavy atom. The number of hydrogen-bond donors (Lipinski definition) is 2. The van der Waals surface area contributed by atoms with Gasteiger partial charge in [0.05, 0.1) is 11.4 Å². The number of nitrogens with zero attached hydrogens (tertiary/aromatic N) is 2. The Morgan fingerprint density at radius 3 is 2.36 bits per heavy atom. The number of nitrogens with one attached hydrogen (secondary N) is 1. The number of rotatable bonds is 4. The molecule has 0 aromatic carbocycles. The van der Waals surface area contributed by atoms with Crippen LogP contribution < -0.4 is 16.3 Å². The molecule has 1 unspecified atom stereocenters. The van der Waals surface area contributed by atoms with Gasteiger partial charge in [0.2, 0.25) is 0 Å². The Labute approximate surface area is 144 Å². The topological polar surface area (TPSA) is 120 Å². The van der Waals surface area contributed by atoms with Crippen LogP contribution in [-0.4, -0.2) is 22.0 Å². The number of hydrazone groups is 1. The summed E-state index contributed by atoms with van der Waals surface area (Å²) in [6, 6.07) is 5.62. The number of ketones is 1. The van der Waals surface area contributed by atoms with Gasteiger partial charge in [-0.05, 0) is 37.6 Å². The first-order valence-corrected chi connectivity index (χ1v) is 7.04. The number of carbonyl (C=O) groups excluding carboxylic acids is 1. The molecule has 3 N–H and O–H groups in total. The fourth-order valence-electron chi connectivity index (χ4n) is 1.08. The molecule has 119 valence electrons. The second-order valence-electron chi connectivity index (χ2n) is 3.83. The van der Waals surface area contributed by atoms with Crippen molar-refractivity contribution in [3.63, 3.8) is 0 Å². The maximum absolute atomic E-state index is 9.98. The molecule has 0 fully saturated rings. The Bertz CT molecular complexity index is 491. The minimum atomic E-state index is -0.557. The van der Waals surface area contributed by atoms with Crippen LogP contribution in [0.1, 0.15) is 26.5 Å². The maximum atomic E-state index is 9.98. The summed E-state index contributed by atoms with van der Waals surface area (Å²) in [5.41, 5.74) is 8.90. The van der Waals surface area contributed by atoms with Gasteiger partial charge in [0.15, 0.2) is 5.78 Å². The van der Waals surface area contributed by atoms with Crippen LogP contribution in [0, 0.1) is 0 Å². The SMILES string of the molecule is C/C(=N\NC(N)[S-])c1ccccn1.CC(=O)/C=C(/C)[O-].[O]=[V+2]. The number of carbonyl (C=O) groups is 1. The van der Waals surface area contributed by atoms with Crippen LogP contribution in [0.5, 0.6) is 0 Å². The first-order chi connectivity index (χ1) is 10.3. The molecule has 1 aromatic rings. The van der Waals surface area contributed by atoms with Crippen LogP contribution in [0.15, 0.2) is 41.3 Å². The van der Waals surface area contributed by atoms with E-state index in [1.807, 2.05) is 25.1 Å². The van der Waals surface area contributed by atoms with E-state index in [1.165, 1.54) is 13.8 Å². The van der Waals surface area contributed by atoms with Crippen molar-refractivity contribution >= 4 is 24.1 Å². The fourth-order valence-corrected chi connectivity index (χ4v) is 1.13. The van der Waals surface area contributed by atoms with Gasteiger partial charge in [-0.1, -0.05) is 13.0 Å². The molecule has 0 aliphatic carbocycles.